The first-order valence-corrected chi connectivity index (χ1v) is 6.33. The van der Waals surface area contributed by atoms with E-state index in [0.29, 0.717) is 12.5 Å². The second kappa shape index (κ2) is 5.66. The summed E-state index contributed by atoms with van der Waals surface area (Å²) in [5.74, 6) is 1.11. The quantitative estimate of drug-likeness (QED) is 0.887. The molecule has 0 amide bonds. The highest BCUT2D eigenvalue weighted by Crippen LogP contribution is 2.24. The monoisotopic (exact) mass is 285 g/mol. The zero-order chi connectivity index (χ0) is 11.4. The Kier molecular flexibility index (Phi) is 4.21. The van der Waals surface area contributed by atoms with E-state index in [1.54, 1.807) is 0 Å². The van der Waals surface area contributed by atoms with Gasteiger partial charge in [-0.2, -0.15) is 0 Å². The van der Waals surface area contributed by atoms with Crippen molar-refractivity contribution in [1.29, 1.82) is 0 Å². The van der Waals surface area contributed by atoms with Crippen LogP contribution in [0.3, 0.4) is 0 Å². The van der Waals surface area contributed by atoms with E-state index in [-0.39, 0.29) is 6.10 Å². The Morgan fingerprint density at radius 1 is 1.50 bits per heavy atom. The first-order valence-electron chi connectivity index (χ1n) is 5.53. The van der Waals surface area contributed by atoms with E-state index in [9.17, 15) is 5.11 Å². The zero-order valence-electron chi connectivity index (χ0n) is 9.03. The molecule has 1 aromatic carbocycles. The molecule has 3 nitrogen and oxygen atoms in total. The van der Waals surface area contributed by atoms with Crippen molar-refractivity contribution in [3.05, 3.63) is 28.7 Å². The molecule has 1 heterocycles. The van der Waals surface area contributed by atoms with Crippen molar-refractivity contribution in [1.82, 2.24) is 5.32 Å². The summed E-state index contributed by atoms with van der Waals surface area (Å²) in [6, 6.07) is 7.68. The van der Waals surface area contributed by atoms with E-state index in [4.69, 9.17) is 4.74 Å². The molecule has 0 aliphatic carbocycles. The highest BCUT2D eigenvalue weighted by molar-refractivity contribution is 9.10. The van der Waals surface area contributed by atoms with Crippen LogP contribution < -0.4 is 10.1 Å². The Morgan fingerprint density at radius 2 is 2.31 bits per heavy atom. The molecule has 0 bridgehead atoms. The Morgan fingerprint density at radius 3 is 3.00 bits per heavy atom. The fourth-order valence-electron chi connectivity index (χ4n) is 1.88. The summed E-state index contributed by atoms with van der Waals surface area (Å²) in [5.41, 5.74) is 0. The van der Waals surface area contributed by atoms with Gasteiger partial charge in [0.15, 0.2) is 0 Å². The van der Waals surface area contributed by atoms with Crippen LogP contribution in [0, 0.1) is 5.92 Å². The third-order valence-electron chi connectivity index (χ3n) is 2.89. The van der Waals surface area contributed by atoms with Crippen molar-refractivity contribution < 1.29 is 9.84 Å². The van der Waals surface area contributed by atoms with E-state index in [1.165, 1.54) is 0 Å². The molecule has 16 heavy (non-hydrogen) atoms. The van der Waals surface area contributed by atoms with Crippen molar-refractivity contribution in [2.24, 2.45) is 5.92 Å². The maximum atomic E-state index is 9.92. The molecule has 1 saturated heterocycles. The molecule has 0 aromatic heterocycles. The third kappa shape index (κ3) is 2.97. The first-order chi connectivity index (χ1) is 7.77. The Balaban J connectivity index is 1.84. The van der Waals surface area contributed by atoms with Gasteiger partial charge in [0.1, 0.15) is 12.4 Å². The van der Waals surface area contributed by atoms with Crippen LogP contribution in [-0.4, -0.2) is 30.9 Å². The molecule has 2 rings (SSSR count). The number of benzene rings is 1. The second-order valence-electron chi connectivity index (χ2n) is 4.06. The molecule has 1 aromatic rings. The van der Waals surface area contributed by atoms with Gasteiger partial charge < -0.3 is 15.2 Å². The molecule has 0 radical (unpaired) electrons. The fraction of sp³-hybridized carbons (Fsp3) is 0.500. The van der Waals surface area contributed by atoms with E-state index in [2.05, 4.69) is 21.2 Å². The lowest BCUT2D eigenvalue weighted by Gasteiger charge is -2.18. The summed E-state index contributed by atoms with van der Waals surface area (Å²) >= 11 is 3.41. The number of ether oxygens (including phenoxy) is 1. The Bertz CT molecular complexity index is 340. The predicted molar refractivity (Wildman–Crippen MR) is 66.6 cm³/mol. The first kappa shape index (κ1) is 11.9. The van der Waals surface area contributed by atoms with Crippen LogP contribution in [0.5, 0.6) is 5.75 Å². The molecule has 88 valence electrons. The number of aliphatic hydroxyl groups is 1. The van der Waals surface area contributed by atoms with Gasteiger partial charge in [0, 0.05) is 12.5 Å². The molecule has 4 heteroatoms. The maximum absolute atomic E-state index is 9.92. The summed E-state index contributed by atoms with van der Waals surface area (Å²) in [6.07, 6.45) is 0.641. The van der Waals surface area contributed by atoms with Crippen LogP contribution in [0.15, 0.2) is 28.7 Å². The fourth-order valence-corrected chi connectivity index (χ4v) is 2.28. The molecule has 1 fully saturated rings. The lowest BCUT2D eigenvalue weighted by molar-refractivity contribution is 0.0638. The molecule has 0 spiro atoms. The van der Waals surface area contributed by atoms with Crippen molar-refractivity contribution in [3.63, 3.8) is 0 Å². The SMILES string of the molecule is OC(COc1ccccc1Br)C1CCNC1. The topological polar surface area (TPSA) is 41.5 Å². The molecule has 2 atom stereocenters. The molecular formula is C12H16BrNO2. The van der Waals surface area contributed by atoms with Crippen molar-refractivity contribution in [3.8, 4) is 5.75 Å². The lowest BCUT2D eigenvalue weighted by atomic mass is 10.0. The largest absolute Gasteiger partial charge is 0.490 e. The van der Waals surface area contributed by atoms with Gasteiger partial charge >= 0.3 is 0 Å². The van der Waals surface area contributed by atoms with Gasteiger partial charge in [0.2, 0.25) is 0 Å². The van der Waals surface area contributed by atoms with Gasteiger partial charge in [-0.25, -0.2) is 0 Å². The maximum Gasteiger partial charge on any atom is 0.133 e. The molecular weight excluding hydrogens is 270 g/mol. The second-order valence-corrected chi connectivity index (χ2v) is 4.92. The normalized spacial score (nSPS) is 22.0. The highest BCUT2D eigenvalue weighted by atomic mass is 79.9. The summed E-state index contributed by atoms with van der Waals surface area (Å²) < 4.78 is 6.51. The van der Waals surface area contributed by atoms with Gasteiger partial charge in [0.25, 0.3) is 0 Å². The van der Waals surface area contributed by atoms with Crippen LogP contribution >= 0.6 is 15.9 Å². The Labute approximate surface area is 104 Å². The van der Waals surface area contributed by atoms with E-state index in [1.807, 2.05) is 24.3 Å². The predicted octanol–water partition coefficient (Wildman–Crippen LogP) is 1.80. The van der Waals surface area contributed by atoms with Crippen LogP contribution in [0.1, 0.15) is 6.42 Å². The molecule has 0 saturated carbocycles. The van der Waals surface area contributed by atoms with Crippen LogP contribution in [0.2, 0.25) is 0 Å². The highest BCUT2D eigenvalue weighted by Gasteiger charge is 2.23. The van der Waals surface area contributed by atoms with Crippen molar-refractivity contribution in [2.75, 3.05) is 19.7 Å². The van der Waals surface area contributed by atoms with E-state index in [0.717, 1.165) is 29.7 Å². The van der Waals surface area contributed by atoms with E-state index < -0.39 is 0 Å². The van der Waals surface area contributed by atoms with Gasteiger partial charge in [-0.05, 0) is 41.0 Å². The number of rotatable bonds is 4. The van der Waals surface area contributed by atoms with Crippen LogP contribution in [-0.2, 0) is 0 Å². The van der Waals surface area contributed by atoms with Gasteiger partial charge in [-0.1, -0.05) is 12.1 Å². The zero-order valence-corrected chi connectivity index (χ0v) is 10.6. The lowest BCUT2D eigenvalue weighted by Crippen LogP contribution is -2.28. The van der Waals surface area contributed by atoms with E-state index >= 15 is 0 Å². The number of hydrogen-bond acceptors (Lipinski definition) is 3. The number of nitrogens with one attached hydrogen (secondary N) is 1. The average Bonchev–Trinajstić information content (AvgIpc) is 2.81. The molecule has 1 aliphatic heterocycles. The molecule has 1 aliphatic rings. The molecule has 2 N–H and O–H groups in total. The minimum Gasteiger partial charge on any atom is -0.490 e. The number of aliphatic hydroxyl groups excluding tert-OH is 1. The van der Waals surface area contributed by atoms with Crippen LogP contribution in [0.25, 0.3) is 0 Å². The minimum absolute atomic E-state index is 0.322. The summed E-state index contributed by atoms with van der Waals surface area (Å²) in [5, 5.41) is 13.2. The van der Waals surface area contributed by atoms with Gasteiger partial charge in [-0.3, -0.25) is 0 Å². The van der Waals surface area contributed by atoms with Crippen molar-refractivity contribution in [2.45, 2.75) is 12.5 Å². The van der Waals surface area contributed by atoms with Crippen LogP contribution in [0.4, 0.5) is 0 Å². The average molecular weight is 286 g/mol. The number of halogens is 1. The molecule has 2 unspecified atom stereocenters. The standard InChI is InChI=1S/C12H16BrNO2/c13-10-3-1-2-4-12(10)16-8-11(15)9-5-6-14-7-9/h1-4,9,11,14-15H,5-8H2. The van der Waals surface area contributed by atoms with Gasteiger partial charge in [0.05, 0.1) is 10.6 Å². The minimum atomic E-state index is -0.387. The smallest absolute Gasteiger partial charge is 0.133 e. The summed E-state index contributed by atoms with van der Waals surface area (Å²) in [6.45, 7) is 2.24. The summed E-state index contributed by atoms with van der Waals surface area (Å²) in [4.78, 5) is 0. The van der Waals surface area contributed by atoms with Crippen molar-refractivity contribution >= 4 is 15.9 Å². The third-order valence-corrected chi connectivity index (χ3v) is 3.54. The van der Waals surface area contributed by atoms with Gasteiger partial charge in [-0.15, -0.1) is 0 Å². The number of para-hydroxylation sites is 1. The summed E-state index contributed by atoms with van der Waals surface area (Å²) in [7, 11) is 0. The Hall–Kier alpha value is -0.580. The number of hydrogen-bond donors (Lipinski definition) is 2.